The molecule has 9 heteroatoms. The van der Waals surface area contributed by atoms with Crippen LogP contribution in [-0.2, 0) is 11.3 Å². The maximum absolute atomic E-state index is 12.8. The summed E-state index contributed by atoms with van der Waals surface area (Å²) in [6.45, 7) is 8.08. The van der Waals surface area contributed by atoms with Crippen molar-refractivity contribution in [2.24, 2.45) is 5.41 Å². The lowest BCUT2D eigenvalue weighted by molar-refractivity contribution is -0.692. The quantitative estimate of drug-likeness (QED) is 0.525. The van der Waals surface area contributed by atoms with Gasteiger partial charge in [-0.05, 0) is 25.2 Å². The molecule has 146 valence electrons. The first kappa shape index (κ1) is 18.9. The summed E-state index contributed by atoms with van der Waals surface area (Å²) in [6.07, 6.45) is 1.71. The van der Waals surface area contributed by atoms with Gasteiger partial charge in [0, 0.05) is 6.04 Å². The molecule has 1 saturated carbocycles. The van der Waals surface area contributed by atoms with Crippen LogP contribution >= 0.6 is 0 Å². The fourth-order valence-corrected chi connectivity index (χ4v) is 2.84. The van der Waals surface area contributed by atoms with Gasteiger partial charge in [-0.2, -0.15) is 4.57 Å². The van der Waals surface area contributed by atoms with Crippen LogP contribution in [0.5, 0.6) is 5.88 Å². The van der Waals surface area contributed by atoms with E-state index in [4.69, 9.17) is 4.74 Å². The van der Waals surface area contributed by atoms with Crippen LogP contribution in [0, 0.1) is 5.41 Å². The Hall–Kier alpha value is -2.84. The third kappa shape index (κ3) is 3.81. The molecule has 27 heavy (non-hydrogen) atoms. The number of H-pyrrole nitrogens is 1. The molecule has 2 aromatic heterocycles. The van der Waals surface area contributed by atoms with Crippen LogP contribution in [0.3, 0.4) is 0 Å². The molecule has 0 atom stereocenters. The van der Waals surface area contributed by atoms with Gasteiger partial charge < -0.3 is 15.2 Å². The summed E-state index contributed by atoms with van der Waals surface area (Å²) in [5.41, 5.74) is -0.984. The molecule has 1 aliphatic carbocycles. The van der Waals surface area contributed by atoms with Crippen LogP contribution in [0.25, 0.3) is 5.65 Å². The van der Waals surface area contributed by atoms with Gasteiger partial charge in [-0.3, -0.25) is 4.79 Å². The molecule has 0 spiro atoms. The number of carbonyl (C=O) groups is 2. The predicted octanol–water partition coefficient (Wildman–Crippen LogP) is 0.736. The number of aromatic amines is 1. The Kier molecular flexibility index (Phi) is 4.71. The number of ether oxygens (including phenoxy) is 1. The summed E-state index contributed by atoms with van der Waals surface area (Å²) in [5.74, 6) is -1.65. The molecule has 0 saturated heterocycles. The number of hydrogen-bond acceptors (Lipinski definition) is 5. The van der Waals surface area contributed by atoms with E-state index in [9.17, 15) is 19.5 Å². The average molecular weight is 377 g/mol. The SMILES string of the molecule is CCOC(=O)c1cc2n([nH]1)c(=O)c(C(=O)NC1CC1)c(O)[n+]2CC(C)(C)C. The number of aromatic hydroxyl groups is 1. The number of amides is 1. The number of fused-ring (bicyclic) bond motifs is 1. The first-order chi connectivity index (χ1) is 12.6. The van der Waals surface area contributed by atoms with Crippen LogP contribution < -0.4 is 15.4 Å². The molecule has 2 heterocycles. The molecule has 0 aromatic carbocycles. The second-order valence-corrected chi connectivity index (χ2v) is 7.98. The minimum Gasteiger partial charge on any atom is -0.477 e. The Morgan fingerprint density at radius 2 is 2.07 bits per heavy atom. The van der Waals surface area contributed by atoms with Crippen molar-refractivity contribution in [1.82, 2.24) is 14.9 Å². The number of nitrogens with one attached hydrogen (secondary N) is 2. The van der Waals surface area contributed by atoms with Crippen molar-refractivity contribution < 1.29 is 24.0 Å². The fourth-order valence-electron chi connectivity index (χ4n) is 2.84. The molecular weight excluding hydrogens is 352 g/mol. The lowest BCUT2D eigenvalue weighted by Gasteiger charge is -2.17. The molecule has 0 aliphatic heterocycles. The van der Waals surface area contributed by atoms with E-state index in [2.05, 4.69) is 10.4 Å². The molecule has 3 rings (SSSR count). The zero-order valence-electron chi connectivity index (χ0n) is 16.0. The van der Waals surface area contributed by atoms with Crippen LogP contribution in [0.4, 0.5) is 0 Å². The number of aromatic nitrogens is 3. The minimum absolute atomic E-state index is 0.0341. The zero-order valence-corrected chi connectivity index (χ0v) is 16.0. The van der Waals surface area contributed by atoms with Gasteiger partial charge in [0.1, 0.15) is 0 Å². The van der Waals surface area contributed by atoms with Crippen molar-refractivity contribution >= 4 is 17.5 Å². The summed E-state index contributed by atoms with van der Waals surface area (Å²) in [4.78, 5) is 37.4. The van der Waals surface area contributed by atoms with Gasteiger partial charge in [0.25, 0.3) is 5.91 Å². The van der Waals surface area contributed by atoms with Crippen molar-refractivity contribution in [1.29, 1.82) is 0 Å². The van der Waals surface area contributed by atoms with Crippen LogP contribution in [0.2, 0.25) is 0 Å². The Balaban J connectivity index is 2.21. The van der Waals surface area contributed by atoms with E-state index in [-0.39, 0.29) is 35.0 Å². The third-order valence-electron chi connectivity index (χ3n) is 4.18. The highest BCUT2D eigenvalue weighted by molar-refractivity contribution is 5.96. The Morgan fingerprint density at radius 3 is 2.63 bits per heavy atom. The first-order valence-electron chi connectivity index (χ1n) is 9.01. The molecule has 1 amide bonds. The van der Waals surface area contributed by atoms with Crippen LogP contribution in [0.15, 0.2) is 10.9 Å². The highest BCUT2D eigenvalue weighted by Gasteiger charge is 2.35. The van der Waals surface area contributed by atoms with E-state index < -0.39 is 23.3 Å². The van der Waals surface area contributed by atoms with E-state index in [1.807, 2.05) is 20.8 Å². The van der Waals surface area contributed by atoms with Crippen LogP contribution in [-0.4, -0.2) is 39.2 Å². The van der Waals surface area contributed by atoms with Crippen molar-refractivity contribution in [2.45, 2.75) is 53.1 Å². The minimum atomic E-state index is -0.721. The molecular formula is C18H25N4O5+. The van der Waals surface area contributed by atoms with E-state index in [0.29, 0.717) is 6.54 Å². The summed E-state index contributed by atoms with van der Waals surface area (Å²) < 4.78 is 7.53. The van der Waals surface area contributed by atoms with Gasteiger partial charge in [0.05, 0.1) is 19.2 Å². The third-order valence-corrected chi connectivity index (χ3v) is 4.18. The second kappa shape index (κ2) is 6.71. The predicted molar refractivity (Wildman–Crippen MR) is 95.8 cm³/mol. The monoisotopic (exact) mass is 377 g/mol. The standard InChI is InChI=1S/C18H24N4O5/c1-5-27-17(26)11-8-12-21(9-18(2,3)4)15(24)13(16(25)22(12)20-11)14(23)19-10-6-7-10/h8,10H,5-7,9H2,1-4H3,(H2,19,23,24,25)/p+1. The molecule has 9 nitrogen and oxygen atoms in total. The molecule has 1 fully saturated rings. The molecule has 2 aromatic rings. The summed E-state index contributed by atoms with van der Waals surface area (Å²) in [7, 11) is 0. The van der Waals surface area contributed by atoms with Crippen LogP contribution in [0.1, 0.15) is 61.4 Å². The number of nitrogens with zero attached hydrogens (tertiary/aromatic N) is 2. The van der Waals surface area contributed by atoms with Crippen molar-refractivity contribution in [2.75, 3.05) is 6.61 Å². The van der Waals surface area contributed by atoms with Crippen molar-refractivity contribution in [3.8, 4) is 5.88 Å². The van der Waals surface area contributed by atoms with Crippen molar-refractivity contribution in [3.63, 3.8) is 0 Å². The van der Waals surface area contributed by atoms with Gasteiger partial charge in [0.15, 0.2) is 5.69 Å². The Bertz CT molecular complexity index is 963. The lowest BCUT2D eigenvalue weighted by Crippen LogP contribution is -2.47. The van der Waals surface area contributed by atoms with Gasteiger partial charge >= 0.3 is 23.1 Å². The molecule has 0 bridgehead atoms. The lowest BCUT2D eigenvalue weighted by atomic mass is 9.96. The highest BCUT2D eigenvalue weighted by atomic mass is 16.5. The van der Waals surface area contributed by atoms with E-state index in [1.165, 1.54) is 10.6 Å². The first-order valence-corrected chi connectivity index (χ1v) is 9.01. The smallest absolute Gasteiger partial charge is 0.378 e. The highest BCUT2D eigenvalue weighted by Crippen LogP contribution is 2.21. The van der Waals surface area contributed by atoms with E-state index in [1.54, 1.807) is 6.92 Å². The average Bonchev–Trinajstić information content (AvgIpc) is 3.24. The number of carbonyl (C=O) groups excluding carboxylic acids is 2. The Labute approximate surface area is 155 Å². The number of rotatable bonds is 5. The van der Waals surface area contributed by atoms with Gasteiger partial charge in [-0.1, -0.05) is 25.3 Å². The topological polar surface area (TPSA) is 117 Å². The maximum atomic E-state index is 12.8. The zero-order chi connectivity index (χ0) is 19.9. The number of hydrogen-bond donors (Lipinski definition) is 3. The molecule has 3 N–H and O–H groups in total. The maximum Gasteiger partial charge on any atom is 0.378 e. The second-order valence-electron chi connectivity index (χ2n) is 7.98. The van der Waals surface area contributed by atoms with Crippen molar-refractivity contribution in [3.05, 3.63) is 27.7 Å². The molecule has 0 radical (unpaired) electrons. The normalized spacial score (nSPS) is 14.4. The summed E-state index contributed by atoms with van der Waals surface area (Å²) >= 11 is 0. The molecule has 1 aliphatic rings. The summed E-state index contributed by atoms with van der Waals surface area (Å²) in [6, 6.07) is 1.47. The Morgan fingerprint density at radius 1 is 1.41 bits per heavy atom. The van der Waals surface area contributed by atoms with E-state index in [0.717, 1.165) is 17.4 Å². The van der Waals surface area contributed by atoms with Gasteiger partial charge in [0.2, 0.25) is 5.56 Å². The molecule has 0 unspecified atom stereocenters. The number of esters is 1. The largest absolute Gasteiger partial charge is 0.477 e. The fraction of sp³-hybridized carbons (Fsp3) is 0.556. The summed E-state index contributed by atoms with van der Waals surface area (Å²) in [5, 5.41) is 16.2. The van der Waals surface area contributed by atoms with E-state index >= 15 is 0 Å². The van der Waals surface area contributed by atoms with Gasteiger partial charge in [-0.15, -0.1) is 0 Å². The van der Waals surface area contributed by atoms with Gasteiger partial charge in [-0.25, -0.2) is 14.7 Å².